The van der Waals surface area contributed by atoms with Crippen LogP contribution in [0.2, 0.25) is 0 Å². The Morgan fingerprint density at radius 3 is 2.53 bits per heavy atom. The van der Waals surface area contributed by atoms with Gasteiger partial charge in [0, 0.05) is 18.5 Å². The van der Waals surface area contributed by atoms with Crippen molar-refractivity contribution in [1.29, 1.82) is 0 Å². The highest BCUT2D eigenvalue weighted by atomic mass is 16.5. The van der Waals surface area contributed by atoms with Gasteiger partial charge in [-0.1, -0.05) is 25.9 Å². The Hall–Kier alpha value is -1.52. The largest absolute Gasteiger partial charge is 0.452 e. The summed E-state index contributed by atoms with van der Waals surface area (Å²) in [5.74, 6) is 0.381. The summed E-state index contributed by atoms with van der Waals surface area (Å²) in [6.07, 6.45) is -0.480. The van der Waals surface area contributed by atoms with Crippen LogP contribution in [0.15, 0.2) is 10.6 Å². The van der Waals surface area contributed by atoms with E-state index < -0.39 is 6.09 Å². The van der Waals surface area contributed by atoms with Crippen LogP contribution in [-0.4, -0.2) is 25.4 Å². The number of anilines is 1. The summed E-state index contributed by atoms with van der Waals surface area (Å²) in [6.45, 7) is 6.06. The topological polar surface area (TPSA) is 55.6 Å². The van der Waals surface area contributed by atoms with Gasteiger partial charge in [0.15, 0.2) is 0 Å². The van der Waals surface area contributed by atoms with E-state index in [-0.39, 0.29) is 5.41 Å². The van der Waals surface area contributed by atoms with E-state index in [4.69, 9.17) is 4.52 Å². The van der Waals surface area contributed by atoms with Crippen molar-refractivity contribution in [3.8, 4) is 0 Å². The van der Waals surface area contributed by atoms with Gasteiger partial charge in [-0.3, -0.25) is 0 Å². The zero-order valence-electron chi connectivity index (χ0n) is 9.70. The molecule has 84 valence electrons. The van der Waals surface area contributed by atoms with E-state index in [9.17, 15) is 4.79 Å². The lowest BCUT2D eigenvalue weighted by Gasteiger charge is -2.13. The third-order valence-corrected chi connectivity index (χ3v) is 2.05. The fourth-order valence-corrected chi connectivity index (χ4v) is 1.00. The summed E-state index contributed by atoms with van der Waals surface area (Å²) >= 11 is 0. The first kappa shape index (κ1) is 11.6. The molecule has 1 aromatic rings. The average molecular weight is 212 g/mol. The van der Waals surface area contributed by atoms with Gasteiger partial charge in [-0.2, -0.15) is 0 Å². The van der Waals surface area contributed by atoms with Crippen molar-refractivity contribution in [3.05, 3.63) is 11.8 Å². The van der Waals surface area contributed by atoms with Gasteiger partial charge >= 0.3 is 6.09 Å². The standard InChI is InChI=1S/C10H16N2O3/c1-10(2,3)7-6-8(15-11-7)12(4)9(13)14-5/h6H,1-5H3. The number of amides is 1. The normalized spacial score (nSPS) is 11.3. The summed E-state index contributed by atoms with van der Waals surface area (Å²) in [5.41, 5.74) is 0.701. The first-order valence-electron chi connectivity index (χ1n) is 4.65. The molecular formula is C10H16N2O3. The molecule has 0 atom stereocenters. The number of hydrogen-bond acceptors (Lipinski definition) is 4. The van der Waals surface area contributed by atoms with E-state index in [0.29, 0.717) is 5.88 Å². The second-order valence-electron chi connectivity index (χ2n) is 4.33. The zero-order chi connectivity index (χ0) is 11.6. The fourth-order valence-electron chi connectivity index (χ4n) is 1.00. The van der Waals surface area contributed by atoms with E-state index in [0.717, 1.165) is 5.69 Å². The van der Waals surface area contributed by atoms with Crippen LogP contribution in [-0.2, 0) is 10.2 Å². The summed E-state index contributed by atoms with van der Waals surface area (Å²) in [6, 6.07) is 1.73. The van der Waals surface area contributed by atoms with Crippen LogP contribution in [0.4, 0.5) is 10.7 Å². The molecule has 0 saturated heterocycles. The number of aromatic nitrogens is 1. The Morgan fingerprint density at radius 1 is 1.53 bits per heavy atom. The highest BCUT2D eigenvalue weighted by molar-refractivity contribution is 5.85. The van der Waals surface area contributed by atoms with Gasteiger partial charge in [-0.05, 0) is 0 Å². The molecule has 0 radical (unpaired) electrons. The molecule has 0 unspecified atom stereocenters. The van der Waals surface area contributed by atoms with Crippen molar-refractivity contribution in [3.63, 3.8) is 0 Å². The number of nitrogens with zero attached hydrogens (tertiary/aromatic N) is 2. The van der Waals surface area contributed by atoms with Crippen LogP contribution in [0.5, 0.6) is 0 Å². The lowest BCUT2D eigenvalue weighted by atomic mass is 9.92. The second-order valence-corrected chi connectivity index (χ2v) is 4.33. The number of carbonyl (C=O) groups excluding carboxylic acids is 1. The van der Waals surface area contributed by atoms with Gasteiger partial charge < -0.3 is 9.26 Å². The molecule has 1 aromatic heterocycles. The minimum atomic E-state index is -0.480. The Kier molecular flexibility index (Phi) is 3.02. The predicted molar refractivity (Wildman–Crippen MR) is 56.0 cm³/mol. The molecule has 15 heavy (non-hydrogen) atoms. The zero-order valence-corrected chi connectivity index (χ0v) is 9.70. The Morgan fingerprint density at radius 2 is 2.13 bits per heavy atom. The highest BCUT2D eigenvalue weighted by Gasteiger charge is 2.22. The third-order valence-electron chi connectivity index (χ3n) is 2.05. The highest BCUT2D eigenvalue weighted by Crippen LogP contribution is 2.25. The maximum absolute atomic E-state index is 11.2. The van der Waals surface area contributed by atoms with Gasteiger partial charge in [-0.25, -0.2) is 9.69 Å². The molecular weight excluding hydrogens is 196 g/mol. The van der Waals surface area contributed by atoms with Crippen LogP contribution in [0.25, 0.3) is 0 Å². The first-order valence-corrected chi connectivity index (χ1v) is 4.65. The summed E-state index contributed by atoms with van der Waals surface area (Å²) < 4.78 is 9.61. The van der Waals surface area contributed by atoms with Crippen molar-refractivity contribution in [2.45, 2.75) is 26.2 Å². The summed E-state index contributed by atoms with van der Waals surface area (Å²) in [7, 11) is 2.89. The molecule has 0 N–H and O–H groups in total. The maximum atomic E-state index is 11.2. The number of carbonyl (C=O) groups is 1. The third kappa shape index (κ3) is 2.49. The SMILES string of the molecule is COC(=O)N(C)c1cc(C(C)(C)C)no1. The van der Waals surface area contributed by atoms with Crippen molar-refractivity contribution in [1.82, 2.24) is 5.16 Å². The number of hydrogen-bond donors (Lipinski definition) is 0. The quantitative estimate of drug-likeness (QED) is 0.715. The summed E-state index contributed by atoms with van der Waals surface area (Å²) in [4.78, 5) is 12.5. The molecule has 5 heteroatoms. The minimum Gasteiger partial charge on any atom is -0.452 e. The van der Waals surface area contributed by atoms with Gasteiger partial charge in [0.05, 0.1) is 12.8 Å². The van der Waals surface area contributed by atoms with E-state index in [1.807, 2.05) is 20.8 Å². The van der Waals surface area contributed by atoms with E-state index in [1.165, 1.54) is 12.0 Å². The lowest BCUT2D eigenvalue weighted by molar-refractivity contribution is 0.178. The van der Waals surface area contributed by atoms with E-state index in [2.05, 4.69) is 9.89 Å². The molecule has 0 spiro atoms. The first-order chi connectivity index (χ1) is 6.86. The molecule has 0 fully saturated rings. The smallest absolute Gasteiger partial charge is 0.416 e. The van der Waals surface area contributed by atoms with Crippen molar-refractivity contribution in [2.24, 2.45) is 0 Å². The minimum absolute atomic E-state index is 0.0985. The molecule has 0 aliphatic carbocycles. The van der Waals surface area contributed by atoms with Crippen LogP contribution >= 0.6 is 0 Å². The maximum Gasteiger partial charge on any atom is 0.416 e. The van der Waals surface area contributed by atoms with Crippen molar-refractivity contribution >= 4 is 12.0 Å². The van der Waals surface area contributed by atoms with E-state index in [1.54, 1.807) is 13.1 Å². The summed E-state index contributed by atoms with van der Waals surface area (Å²) in [5, 5.41) is 3.90. The number of rotatable bonds is 1. The predicted octanol–water partition coefficient (Wildman–Crippen LogP) is 2.17. The molecule has 0 aliphatic heterocycles. The molecule has 1 amide bonds. The van der Waals surface area contributed by atoms with Crippen molar-refractivity contribution < 1.29 is 14.1 Å². The molecule has 0 bridgehead atoms. The van der Waals surface area contributed by atoms with Crippen LogP contribution < -0.4 is 4.90 Å². The van der Waals surface area contributed by atoms with Gasteiger partial charge in [0.1, 0.15) is 0 Å². The molecule has 0 aromatic carbocycles. The molecule has 1 rings (SSSR count). The van der Waals surface area contributed by atoms with Crippen LogP contribution in [0.1, 0.15) is 26.5 Å². The number of ether oxygens (including phenoxy) is 1. The van der Waals surface area contributed by atoms with Crippen LogP contribution in [0.3, 0.4) is 0 Å². The van der Waals surface area contributed by atoms with Gasteiger partial charge in [-0.15, -0.1) is 0 Å². The lowest BCUT2D eigenvalue weighted by Crippen LogP contribution is -2.25. The Bertz CT molecular complexity index is 352. The molecule has 0 saturated carbocycles. The Labute approximate surface area is 89.0 Å². The monoisotopic (exact) mass is 212 g/mol. The van der Waals surface area contributed by atoms with Gasteiger partial charge in [0.25, 0.3) is 0 Å². The molecule has 5 nitrogen and oxygen atoms in total. The van der Waals surface area contributed by atoms with Crippen molar-refractivity contribution in [2.75, 3.05) is 19.1 Å². The van der Waals surface area contributed by atoms with E-state index >= 15 is 0 Å². The van der Waals surface area contributed by atoms with Gasteiger partial charge in [0.2, 0.25) is 5.88 Å². The fraction of sp³-hybridized carbons (Fsp3) is 0.600. The Balaban J connectivity index is 2.89. The molecule has 1 heterocycles. The number of methoxy groups -OCH3 is 1. The molecule has 0 aliphatic rings. The second kappa shape index (κ2) is 3.92. The van der Waals surface area contributed by atoms with Crippen LogP contribution in [0, 0.1) is 0 Å². The average Bonchev–Trinajstić information content (AvgIpc) is 2.63.